The number of hydrogen-bond acceptors (Lipinski definition) is 5. The van der Waals surface area contributed by atoms with Gasteiger partial charge in [0, 0.05) is 6.54 Å². The van der Waals surface area contributed by atoms with Crippen molar-refractivity contribution in [3.05, 3.63) is 29.8 Å². The van der Waals surface area contributed by atoms with E-state index in [1.165, 1.54) is 12.1 Å². The number of carboxylic acids is 1. The van der Waals surface area contributed by atoms with Crippen LogP contribution >= 0.6 is 0 Å². The highest BCUT2D eigenvalue weighted by Gasteiger charge is 2.13. The standard InChI is InChI=1S/C13H18N2O5/c14-11(7-9-1-3-10(16)4-2-9)13(19)15-5-6-20-8-12(17)18/h1-4,11,16H,5-8,14H2,(H,15,19)(H,17,18)/t11-/m1/s1. The molecule has 0 fully saturated rings. The van der Waals surface area contributed by atoms with E-state index in [-0.39, 0.29) is 24.8 Å². The fourth-order valence-corrected chi connectivity index (χ4v) is 1.52. The molecule has 7 nitrogen and oxygen atoms in total. The van der Waals surface area contributed by atoms with Crippen LogP contribution in [0, 0.1) is 0 Å². The number of benzene rings is 1. The molecule has 0 aliphatic carbocycles. The fourth-order valence-electron chi connectivity index (χ4n) is 1.52. The Kier molecular flexibility index (Phi) is 6.48. The van der Waals surface area contributed by atoms with E-state index in [9.17, 15) is 9.59 Å². The third-order valence-electron chi connectivity index (χ3n) is 2.50. The highest BCUT2D eigenvalue weighted by molar-refractivity contribution is 5.81. The molecule has 7 heteroatoms. The number of phenols is 1. The van der Waals surface area contributed by atoms with Crippen molar-refractivity contribution in [2.45, 2.75) is 12.5 Å². The summed E-state index contributed by atoms with van der Waals surface area (Å²) in [5.41, 5.74) is 6.58. The second-order valence-electron chi connectivity index (χ2n) is 4.21. The van der Waals surface area contributed by atoms with Crippen molar-refractivity contribution >= 4 is 11.9 Å². The number of nitrogens with two attached hydrogens (primary N) is 1. The molecule has 20 heavy (non-hydrogen) atoms. The van der Waals surface area contributed by atoms with Gasteiger partial charge in [-0.1, -0.05) is 12.1 Å². The lowest BCUT2D eigenvalue weighted by Gasteiger charge is -2.12. The number of aromatic hydroxyl groups is 1. The molecule has 0 aromatic heterocycles. The van der Waals surface area contributed by atoms with Crippen LogP contribution in [0.3, 0.4) is 0 Å². The highest BCUT2D eigenvalue weighted by Crippen LogP contribution is 2.10. The molecule has 0 radical (unpaired) electrons. The number of rotatable bonds is 8. The van der Waals surface area contributed by atoms with Crippen LogP contribution in [0.2, 0.25) is 0 Å². The number of carboxylic acid groups (broad SMARTS) is 1. The minimum Gasteiger partial charge on any atom is -0.508 e. The number of hydrogen-bond donors (Lipinski definition) is 4. The van der Waals surface area contributed by atoms with E-state index in [0.717, 1.165) is 5.56 Å². The van der Waals surface area contributed by atoms with Gasteiger partial charge in [-0.2, -0.15) is 0 Å². The smallest absolute Gasteiger partial charge is 0.329 e. The average Bonchev–Trinajstić information content (AvgIpc) is 2.40. The summed E-state index contributed by atoms with van der Waals surface area (Å²) >= 11 is 0. The van der Waals surface area contributed by atoms with Crippen molar-refractivity contribution in [2.24, 2.45) is 5.73 Å². The minimum atomic E-state index is -1.06. The van der Waals surface area contributed by atoms with Gasteiger partial charge < -0.3 is 26.0 Å². The predicted octanol–water partition coefficient (Wildman–Crippen LogP) is -0.521. The van der Waals surface area contributed by atoms with Gasteiger partial charge in [0.2, 0.25) is 5.91 Å². The lowest BCUT2D eigenvalue weighted by Crippen LogP contribution is -2.43. The number of carbonyl (C=O) groups excluding carboxylic acids is 1. The molecule has 110 valence electrons. The van der Waals surface area contributed by atoms with Gasteiger partial charge in [0.1, 0.15) is 12.4 Å². The summed E-state index contributed by atoms with van der Waals surface area (Å²) in [6, 6.07) is 5.73. The van der Waals surface area contributed by atoms with Crippen LogP contribution in [-0.2, 0) is 20.7 Å². The van der Waals surface area contributed by atoms with E-state index < -0.39 is 18.6 Å². The van der Waals surface area contributed by atoms with Gasteiger partial charge in [-0.15, -0.1) is 0 Å². The van der Waals surface area contributed by atoms with Gasteiger partial charge in [-0.25, -0.2) is 4.79 Å². The second kappa shape index (κ2) is 8.13. The number of carbonyl (C=O) groups is 2. The summed E-state index contributed by atoms with van der Waals surface area (Å²) in [6.45, 7) is -0.0746. The Hall–Kier alpha value is -2.12. The van der Waals surface area contributed by atoms with Gasteiger partial charge in [-0.3, -0.25) is 4.79 Å². The number of phenolic OH excluding ortho intramolecular Hbond substituents is 1. The molecule has 1 aromatic rings. The molecule has 0 bridgehead atoms. The van der Waals surface area contributed by atoms with E-state index in [4.69, 9.17) is 20.7 Å². The monoisotopic (exact) mass is 282 g/mol. The molecule has 0 aliphatic rings. The fraction of sp³-hybridized carbons (Fsp3) is 0.385. The lowest BCUT2D eigenvalue weighted by molar-refractivity contribution is -0.142. The van der Waals surface area contributed by atoms with Crippen LogP contribution in [0.15, 0.2) is 24.3 Å². The van der Waals surface area contributed by atoms with E-state index in [1.54, 1.807) is 12.1 Å². The minimum absolute atomic E-state index is 0.115. The largest absolute Gasteiger partial charge is 0.508 e. The van der Waals surface area contributed by atoms with Gasteiger partial charge >= 0.3 is 5.97 Å². The topological polar surface area (TPSA) is 122 Å². The van der Waals surface area contributed by atoms with E-state index in [0.29, 0.717) is 6.42 Å². The molecular weight excluding hydrogens is 264 g/mol. The summed E-state index contributed by atoms with van der Waals surface area (Å²) in [5, 5.41) is 20.0. The Morgan fingerprint density at radius 2 is 1.95 bits per heavy atom. The molecule has 0 aliphatic heterocycles. The van der Waals surface area contributed by atoms with Gasteiger partial charge in [-0.05, 0) is 24.1 Å². The van der Waals surface area contributed by atoms with Crippen molar-refractivity contribution in [1.29, 1.82) is 0 Å². The van der Waals surface area contributed by atoms with Crippen molar-refractivity contribution < 1.29 is 24.5 Å². The van der Waals surface area contributed by atoms with Crippen LogP contribution in [0.5, 0.6) is 5.75 Å². The first-order valence-corrected chi connectivity index (χ1v) is 6.10. The lowest BCUT2D eigenvalue weighted by atomic mass is 10.1. The van der Waals surface area contributed by atoms with Crippen molar-refractivity contribution in [2.75, 3.05) is 19.8 Å². The van der Waals surface area contributed by atoms with Gasteiger partial charge in [0.05, 0.1) is 12.6 Å². The van der Waals surface area contributed by atoms with E-state index >= 15 is 0 Å². The number of nitrogens with one attached hydrogen (secondary N) is 1. The molecule has 0 heterocycles. The Balaban J connectivity index is 2.25. The van der Waals surface area contributed by atoms with Crippen LogP contribution in [-0.4, -0.2) is 47.9 Å². The number of amides is 1. The maximum atomic E-state index is 11.7. The molecule has 1 atom stereocenters. The highest BCUT2D eigenvalue weighted by atomic mass is 16.5. The molecular formula is C13H18N2O5. The first-order valence-electron chi connectivity index (χ1n) is 6.10. The second-order valence-corrected chi connectivity index (χ2v) is 4.21. The number of ether oxygens (including phenoxy) is 1. The molecule has 1 aromatic carbocycles. The third-order valence-corrected chi connectivity index (χ3v) is 2.50. The molecule has 0 saturated carbocycles. The maximum Gasteiger partial charge on any atom is 0.329 e. The third kappa shape index (κ3) is 6.17. The molecule has 0 spiro atoms. The summed E-state index contributed by atoms with van der Waals surface area (Å²) in [5.74, 6) is -1.24. The first kappa shape index (κ1) is 15.9. The first-order chi connectivity index (χ1) is 9.49. The summed E-state index contributed by atoms with van der Waals surface area (Å²) < 4.78 is 4.77. The molecule has 0 saturated heterocycles. The molecule has 1 rings (SSSR count). The van der Waals surface area contributed by atoms with Crippen molar-refractivity contribution in [3.8, 4) is 5.75 Å². The zero-order chi connectivity index (χ0) is 15.0. The van der Waals surface area contributed by atoms with Crippen LogP contribution < -0.4 is 11.1 Å². The van der Waals surface area contributed by atoms with Crippen LogP contribution in [0.4, 0.5) is 0 Å². The molecule has 5 N–H and O–H groups in total. The quantitative estimate of drug-likeness (QED) is 0.476. The normalized spacial score (nSPS) is 11.8. The summed E-state index contributed by atoms with van der Waals surface area (Å²) in [7, 11) is 0. The maximum absolute atomic E-state index is 11.7. The molecule has 1 amide bonds. The van der Waals surface area contributed by atoms with Crippen molar-refractivity contribution in [3.63, 3.8) is 0 Å². The van der Waals surface area contributed by atoms with Gasteiger partial charge in [0.15, 0.2) is 0 Å². The SMILES string of the molecule is N[C@H](Cc1ccc(O)cc1)C(=O)NCCOCC(=O)O. The zero-order valence-corrected chi connectivity index (χ0v) is 10.9. The van der Waals surface area contributed by atoms with Crippen molar-refractivity contribution in [1.82, 2.24) is 5.32 Å². The van der Waals surface area contributed by atoms with Crippen LogP contribution in [0.1, 0.15) is 5.56 Å². The zero-order valence-electron chi connectivity index (χ0n) is 10.9. The Morgan fingerprint density at radius 1 is 1.30 bits per heavy atom. The molecule has 0 unspecified atom stereocenters. The average molecular weight is 282 g/mol. The van der Waals surface area contributed by atoms with E-state index in [1.807, 2.05) is 0 Å². The summed E-state index contributed by atoms with van der Waals surface area (Å²) in [4.78, 5) is 21.8. The van der Waals surface area contributed by atoms with Gasteiger partial charge in [0.25, 0.3) is 0 Å². The number of aliphatic carboxylic acids is 1. The Labute approximate surface area is 116 Å². The predicted molar refractivity (Wildman–Crippen MR) is 71.3 cm³/mol. The van der Waals surface area contributed by atoms with Crippen LogP contribution in [0.25, 0.3) is 0 Å². The Bertz CT molecular complexity index is 447. The Morgan fingerprint density at radius 3 is 2.55 bits per heavy atom. The summed E-state index contributed by atoms with van der Waals surface area (Å²) in [6.07, 6.45) is 0.349. The van der Waals surface area contributed by atoms with E-state index in [2.05, 4.69) is 5.32 Å².